The predicted molar refractivity (Wildman–Crippen MR) is 57.9 cm³/mol. The Morgan fingerprint density at radius 2 is 1.85 bits per heavy atom. The second kappa shape index (κ2) is 5.61. The molecule has 1 unspecified atom stereocenters. The lowest BCUT2D eigenvalue weighted by Gasteiger charge is -2.34. The molecule has 0 heterocycles. The van der Waals surface area contributed by atoms with Crippen LogP contribution in [0, 0.1) is 5.41 Å². The van der Waals surface area contributed by atoms with E-state index < -0.39 is 0 Å². The Morgan fingerprint density at radius 3 is 2.15 bits per heavy atom. The van der Waals surface area contributed by atoms with Gasteiger partial charge in [-0.3, -0.25) is 0 Å². The van der Waals surface area contributed by atoms with E-state index in [1.54, 1.807) is 0 Å². The minimum absolute atomic E-state index is 0.00514. The van der Waals surface area contributed by atoms with Gasteiger partial charge in [-0.25, -0.2) is 0 Å². The Labute approximate surface area is 82.9 Å². The van der Waals surface area contributed by atoms with Gasteiger partial charge in [-0.05, 0) is 26.4 Å². The van der Waals surface area contributed by atoms with Gasteiger partial charge in [-0.15, -0.1) is 0 Å². The van der Waals surface area contributed by atoms with Crippen LogP contribution < -0.4 is 0 Å². The molecule has 0 saturated heterocycles. The van der Waals surface area contributed by atoms with Crippen molar-refractivity contribution in [3.8, 4) is 0 Å². The van der Waals surface area contributed by atoms with Gasteiger partial charge in [0, 0.05) is 12.0 Å². The van der Waals surface area contributed by atoms with E-state index in [-0.39, 0.29) is 11.5 Å². The van der Waals surface area contributed by atoms with E-state index in [1.807, 2.05) is 6.92 Å². The van der Waals surface area contributed by atoms with Crippen LogP contribution in [0.25, 0.3) is 0 Å². The van der Waals surface area contributed by atoms with Gasteiger partial charge in [0.15, 0.2) is 0 Å². The Hall–Kier alpha value is -0.0800. The topological polar surface area (TPSA) is 23.5 Å². The van der Waals surface area contributed by atoms with E-state index in [2.05, 4.69) is 32.6 Å². The highest BCUT2D eigenvalue weighted by molar-refractivity contribution is 4.78. The van der Waals surface area contributed by atoms with Crippen LogP contribution in [-0.2, 0) is 0 Å². The summed E-state index contributed by atoms with van der Waals surface area (Å²) in [6.45, 7) is 13.7. The molecule has 0 radical (unpaired) electrons. The number of aliphatic hydroxyl groups is 1. The molecule has 0 aliphatic heterocycles. The van der Waals surface area contributed by atoms with Gasteiger partial charge in [-0.1, -0.05) is 27.7 Å². The third-order valence-corrected chi connectivity index (χ3v) is 2.75. The molecule has 0 bridgehead atoms. The van der Waals surface area contributed by atoms with Gasteiger partial charge in [0.05, 0.1) is 6.10 Å². The lowest BCUT2D eigenvalue weighted by Crippen LogP contribution is -2.40. The van der Waals surface area contributed by atoms with E-state index in [9.17, 15) is 5.11 Å². The number of rotatable bonds is 6. The molecule has 1 N–H and O–H groups in total. The first-order valence-electron chi connectivity index (χ1n) is 5.34. The first-order chi connectivity index (χ1) is 5.94. The lowest BCUT2D eigenvalue weighted by molar-refractivity contribution is 0.0358. The smallest absolute Gasteiger partial charge is 0.0575 e. The summed E-state index contributed by atoms with van der Waals surface area (Å²) >= 11 is 0. The molecule has 0 aromatic carbocycles. The molecule has 0 aromatic rings. The molecular weight excluding hydrogens is 162 g/mol. The monoisotopic (exact) mass is 187 g/mol. The number of aliphatic hydroxyl groups excluding tert-OH is 1. The van der Waals surface area contributed by atoms with Crippen molar-refractivity contribution in [2.45, 2.75) is 47.1 Å². The van der Waals surface area contributed by atoms with Gasteiger partial charge in [-0.2, -0.15) is 0 Å². The van der Waals surface area contributed by atoms with Crippen molar-refractivity contribution in [1.29, 1.82) is 0 Å². The summed E-state index contributed by atoms with van der Waals surface area (Å²) in [6.07, 6.45) is 0.947. The Bertz CT molecular complexity index is 132. The fourth-order valence-electron chi connectivity index (χ4n) is 1.37. The predicted octanol–water partition coefficient (Wildman–Crippen LogP) is 2.13. The molecule has 80 valence electrons. The first-order valence-corrected chi connectivity index (χ1v) is 5.34. The first kappa shape index (κ1) is 12.9. The quantitative estimate of drug-likeness (QED) is 0.688. The maximum Gasteiger partial charge on any atom is 0.0575 e. The van der Waals surface area contributed by atoms with Crippen LogP contribution in [0.2, 0.25) is 0 Å². The van der Waals surface area contributed by atoms with Crippen LogP contribution in [0.4, 0.5) is 0 Å². The summed E-state index contributed by atoms with van der Waals surface area (Å²) in [5.41, 5.74) is 0.00514. The van der Waals surface area contributed by atoms with Crippen molar-refractivity contribution >= 4 is 0 Å². The molecule has 0 aliphatic carbocycles. The largest absolute Gasteiger partial charge is 0.393 e. The van der Waals surface area contributed by atoms with Crippen LogP contribution in [0.3, 0.4) is 0 Å². The molecule has 0 fully saturated rings. The summed E-state index contributed by atoms with van der Waals surface area (Å²) < 4.78 is 0. The SMILES string of the molecule is CCCN(CC)CC(C)(C)C(C)O. The molecule has 13 heavy (non-hydrogen) atoms. The van der Waals surface area contributed by atoms with Crippen LogP contribution in [0.1, 0.15) is 41.0 Å². The van der Waals surface area contributed by atoms with E-state index in [4.69, 9.17) is 0 Å². The van der Waals surface area contributed by atoms with E-state index in [0.717, 1.165) is 19.6 Å². The number of hydrogen-bond donors (Lipinski definition) is 1. The Morgan fingerprint density at radius 1 is 1.31 bits per heavy atom. The van der Waals surface area contributed by atoms with Gasteiger partial charge >= 0.3 is 0 Å². The van der Waals surface area contributed by atoms with Crippen LogP contribution in [-0.4, -0.2) is 35.7 Å². The third kappa shape index (κ3) is 4.63. The van der Waals surface area contributed by atoms with Gasteiger partial charge in [0.25, 0.3) is 0 Å². The van der Waals surface area contributed by atoms with Crippen molar-refractivity contribution in [3.05, 3.63) is 0 Å². The zero-order valence-corrected chi connectivity index (χ0v) is 9.80. The number of nitrogens with zero attached hydrogens (tertiary/aromatic N) is 1. The van der Waals surface area contributed by atoms with E-state index in [1.165, 1.54) is 6.42 Å². The fraction of sp³-hybridized carbons (Fsp3) is 1.00. The molecular formula is C11H25NO. The summed E-state index contributed by atoms with van der Waals surface area (Å²) in [5, 5.41) is 9.57. The highest BCUT2D eigenvalue weighted by atomic mass is 16.3. The number of hydrogen-bond acceptors (Lipinski definition) is 2. The molecule has 0 aliphatic rings. The Balaban J connectivity index is 4.05. The zero-order valence-electron chi connectivity index (χ0n) is 9.80. The van der Waals surface area contributed by atoms with Crippen LogP contribution >= 0.6 is 0 Å². The molecule has 1 atom stereocenters. The second-order valence-electron chi connectivity index (χ2n) is 4.53. The standard InChI is InChI=1S/C11H25NO/c1-6-8-12(7-2)9-11(4,5)10(3)13/h10,13H,6-9H2,1-5H3. The summed E-state index contributed by atoms with van der Waals surface area (Å²) in [5.74, 6) is 0. The van der Waals surface area contributed by atoms with Crippen molar-refractivity contribution in [1.82, 2.24) is 4.90 Å². The summed E-state index contributed by atoms with van der Waals surface area (Å²) in [4.78, 5) is 2.40. The van der Waals surface area contributed by atoms with Crippen molar-refractivity contribution < 1.29 is 5.11 Å². The van der Waals surface area contributed by atoms with Crippen molar-refractivity contribution in [3.63, 3.8) is 0 Å². The minimum atomic E-state index is -0.238. The average molecular weight is 187 g/mol. The summed E-state index contributed by atoms with van der Waals surface area (Å²) in [6, 6.07) is 0. The Kier molecular flexibility index (Phi) is 5.57. The molecule has 0 spiro atoms. The highest BCUT2D eigenvalue weighted by Crippen LogP contribution is 2.21. The maximum atomic E-state index is 9.57. The molecule has 0 amide bonds. The maximum absolute atomic E-state index is 9.57. The van der Waals surface area contributed by atoms with Crippen molar-refractivity contribution in [2.24, 2.45) is 5.41 Å². The van der Waals surface area contributed by atoms with Gasteiger partial charge < -0.3 is 10.0 Å². The second-order valence-corrected chi connectivity index (χ2v) is 4.53. The normalized spacial score (nSPS) is 15.0. The van der Waals surface area contributed by atoms with Gasteiger partial charge in [0.1, 0.15) is 0 Å². The fourth-order valence-corrected chi connectivity index (χ4v) is 1.37. The van der Waals surface area contributed by atoms with E-state index >= 15 is 0 Å². The molecule has 2 nitrogen and oxygen atoms in total. The lowest BCUT2D eigenvalue weighted by atomic mass is 9.87. The average Bonchev–Trinajstić information content (AvgIpc) is 2.03. The van der Waals surface area contributed by atoms with Crippen LogP contribution in [0.15, 0.2) is 0 Å². The van der Waals surface area contributed by atoms with Gasteiger partial charge in [0.2, 0.25) is 0 Å². The molecule has 2 heteroatoms. The molecule has 0 rings (SSSR count). The molecule has 0 saturated carbocycles. The third-order valence-electron chi connectivity index (χ3n) is 2.75. The molecule has 0 aromatic heterocycles. The highest BCUT2D eigenvalue weighted by Gasteiger charge is 2.25. The minimum Gasteiger partial charge on any atom is -0.393 e. The zero-order chi connectivity index (χ0) is 10.5. The van der Waals surface area contributed by atoms with Crippen LogP contribution in [0.5, 0.6) is 0 Å². The van der Waals surface area contributed by atoms with Crippen molar-refractivity contribution in [2.75, 3.05) is 19.6 Å². The summed E-state index contributed by atoms with van der Waals surface area (Å²) in [7, 11) is 0. The van der Waals surface area contributed by atoms with E-state index in [0.29, 0.717) is 0 Å².